The second-order valence-corrected chi connectivity index (χ2v) is 5.11. The van der Waals surface area contributed by atoms with Crippen LogP contribution in [0.15, 0.2) is 42.0 Å². The Kier molecular flexibility index (Phi) is 3.23. The number of hydrogen-bond acceptors (Lipinski definition) is 2. The molecule has 0 aliphatic heterocycles. The Morgan fingerprint density at radius 2 is 1.80 bits per heavy atom. The molecule has 0 spiro atoms. The minimum absolute atomic E-state index is 0.812. The molecule has 2 aromatic rings. The van der Waals surface area contributed by atoms with Crippen molar-refractivity contribution in [3.63, 3.8) is 0 Å². The Labute approximate surface area is 119 Å². The summed E-state index contributed by atoms with van der Waals surface area (Å²) >= 11 is 0. The van der Waals surface area contributed by atoms with Crippen LogP contribution in [-0.4, -0.2) is 14.2 Å². The third-order valence-electron chi connectivity index (χ3n) is 3.77. The highest BCUT2D eigenvalue weighted by atomic mass is 16.5. The molecular formula is C18H18O2. The van der Waals surface area contributed by atoms with Gasteiger partial charge in [0.2, 0.25) is 0 Å². The molecule has 0 unspecified atom stereocenters. The zero-order valence-electron chi connectivity index (χ0n) is 12.1. The van der Waals surface area contributed by atoms with Crippen LogP contribution in [0.25, 0.3) is 17.2 Å². The molecule has 2 heteroatoms. The molecule has 2 nitrogen and oxygen atoms in total. The number of methoxy groups -OCH3 is 2. The maximum Gasteiger partial charge on any atom is 0.130 e. The van der Waals surface area contributed by atoms with Crippen molar-refractivity contribution >= 4 is 6.08 Å². The van der Waals surface area contributed by atoms with Gasteiger partial charge in [-0.05, 0) is 42.2 Å². The topological polar surface area (TPSA) is 18.5 Å². The minimum atomic E-state index is 0.812. The number of ether oxygens (including phenoxy) is 2. The molecule has 2 aromatic carbocycles. The minimum Gasteiger partial charge on any atom is -0.497 e. The first-order valence-electron chi connectivity index (χ1n) is 6.74. The van der Waals surface area contributed by atoms with Crippen molar-refractivity contribution in [2.75, 3.05) is 14.2 Å². The lowest BCUT2D eigenvalue weighted by Crippen LogP contribution is -1.94. The van der Waals surface area contributed by atoms with Gasteiger partial charge < -0.3 is 9.47 Å². The molecule has 0 saturated carbocycles. The average molecular weight is 266 g/mol. The first-order chi connectivity index (χ1) is 9.72. The van der Waals surface area contributed by atoms with Crippen molar-refractivity contribution < 1.29 is 9.47 Å². The van der Waals surface area contributed by atoms with Crippen molar-refractivity contribution in [3.8, 4) is 22.6 Å². The summed E-state index contributed by atoms with van der Waals surface area (Å²) in [7, 11) is 3.37. The Morgan fingerprint density at radius 1 is 0.950 bits per heavy atom. The Hall–Kier alpha value is -2.22. The van der Waals surface area contributed by atoms with Gasteiger partial charge in [0.05, 0.1) is 14.2 Å². The Morgan fingerprint density at radius 3 is 2.55 bits per heavy atom. The molecule has 0 bridgehead atoms. The van der Waals surface area contributed by atoms with Crippen molar-refractivity contribution in [2.24, 2.45) is 0 Å². The first kappa shape index (κ1) is 12.8. The molecule has 0 aromatic heterocycles. The summed E-state index contributed by atoms with van der Waals surface area (Å²) in [5.41, 5.74) is 6.47. The Balaban J connectivity index is 2.14. The Bertz CT molecular complexity index is 684. The average Bonchev–Trinajstić information content (AvgIpc) is 2.86. The zero-order valence-corrected chi connectivity index (χ0v) is 12.1. The predicted octanol–water partition coefficient (Wildman–Crippen LogP) is 4.33. The maximum absolute atomic E-state index is 5.53. The van der Waals surface area contributed by atoms with Crippen LogP contribution in [0, 0.1) is 0 Å². The van der Waals surface area contributed by atoms with Crippen LogP contribution >= 0.6 is 0 Å². The van der Waals surface area contributed by atoms with Gasteiger partial charge in [0.25, 0.3) is 0 Å². The monoisotopic (exact) mass is 266 g/mol. The number of fused-ring (bicyclic) bond motifs is 1. The van der Waals surface area contributed by atoms with E-state index in [0.29, 0.717) is 0 Å². The van der Waals surface area contributed by atoms with Gasteiger partial charge in [-0.25, -0.2) is 0 Å². The molecule has 0 saturated heterocycles. The molecule has 0 radical (unpaired) electrons. The summed E-state index contributed by atoms with van der Waals surface area (Å²) in [6.45, 7) is 2.18. The molecule has 0 atom stereocenters. The van der Waals surface area contributed by atoms with Gasteiger partial charge in [0.15, 0.2) is 0 Å². The predicted molar refractivity (Wildman–Crippen MR) is 82.3 cm³/mol. The van der Waals surface area contributed by atoms with Crippen molar-refractivity contribution in [3.05, 3.63) is 53.1 Å². The third-order valence-corrected chi connectivity index (χ3v) is 3.77. The quantitative estimate of drug-likeness (QED) is 0.823. The summed E-state index contributed by atoms with van der Waals surface area (Å²) < 4.78 is 10.8. The van der Waals surface area contributed by atoms with Crippen LogP contribution in [0.4, 0.5) is 0 Å². The summed E-state index contributed by atoms with van der Waals surface area (Å²) in [4.78, 5) is 0. The van der Waals surface area contributed by atoms with Gasteiger partial charge in [0.1, 0.15) is 11.5 Å². The highest BCUT2D eigenvalue weighted by Gasteiger charge is 2.17. The van der Waals surface area contributed by atoms with E-state index in [2.05, 4.69) is 37.3 Å². The lowest BCUT2D eigenvalue weighted by atomic mass is 9.95. The summed E-state index contributed by atoms with van der Waals surface area (Å²) in [6.07, 6.45) is 3.27. The van der Waals surface area contributed by atoms with E-state index in [-0.39, 0.29) is 0 Å². The van der Waals surface area contributed by atoms with E-state index in [1.807, 2.05) is 12.1 Å². The van der Waals surface area contributed by atoms with E-state index in [0.717, 1.165) is 23.5 Å². The molecule has 0 amide bonds. The summed E-state index contributed by atoms with van der Waals surface area (Å²) in [5.74, 6) is 1.66. The summed E-state index contributed by atoms with van der Waals surface area (Å²) in [6, 6.07) is 12.4. The van der Waals surface area contributed by atoms with Gasteiger partial charge in [-0.1, -0.05) is 29.8 Å². The van der Waals surface area contributed by atoms with E-state index in [1.165, 1.54) is 22.3 Å². The molecule has 3 rings (SSSR count). The SMILES string of the molecule is COc1ccc(-c2cccc3c2CC(C)=C3)c(OC)c1. The van der Waals surface area contributed by atoms with Gasteiger partial charge in [-0.15, -0.1) is 0 Å². The highest BCUT2D eigenvalue weighted by molar-refractivity contribution is 5.80. The lowest BCUT2D eigenvalue weighted by Gasteiger charge is -2.14. The van der Waals surface area contributed by atoms with E-state index in [4.69, 9.17) is 9.47 Å². The van der Waals surface area contributed by atoms with E-state index in [1.54, 1.807) is 14.2 Å². The van der Waals surface area contributed by atoms with Crippen LogP contribution in [0.1, 0.15) is 18.1 Å². The zero-order chi connectivity index (χ0) is 14.1. The molecule has 20 heavy (non-hydrogen) atoms. The largest absolute Gasteiger partial charge is 0.497 e. The third kappa shape index (κ3) is 2.07. The number of rotatable bonds is 3. The number of hydrogen-bond donors (Lipinski definition) is 0. The molecule has 0 heterocycles. The standard InChI is InChI=1S/C18H18O2/c1-12-9-13-5-4-6-15(17(13)10-12)16-8-7-14(19-2)11-18(16)20-3/h4-9,11H,10H2,1-3H3. The fraction of sp³-hybridized carbons (Fsp3) is 0.222. The van der Waals surface area contributed by atoms with Crippen LogP contribution in [0.5, 0.6) is 11.5 Å². The second-order valence-electron chi connectivity index (χ2n) is 5.11. The maximum atomic E-state index is 5.53. The fourth-order valence-corrected chi connectivity index (χ4v) is 2.81. The normalized spacial score (nSPS) is 12.8. The van der Waals surface area contributed by atoms with Gasteiger partial charge in [-0.3, -0.25) is 0 Å². The molecule has 1 aliphatic carbocycles. The van der Waals surface area contributed by atoms with Crippen molar-refractivity contribution in [1.29, 1.82) is 0 Å². The van der Waals surface area contributed by atoms with Crippen LogP contribution in [0.3, 0.4) is 0 Å². The molecule has 1 aliphatic rings. The number of allylic oxidation sites excluding steroid dienone is 1. The highest BCUT2D eigenvalue weighted by Crippen LogP contribution is 2.39. The lowest BCUT2D eigenvalue weighted by molar-refractivity contribution is 0.395. The number of benzene rings is 2. The molecule has 0 N–H and O–H groups in total. The van der Waals surface area contributed by atoms with Crippen molar-refractivity contribution in [2.45, 2.75) is 13.3 Å². The van der Waals surface area contributed by atoms with Crippen molar-refractivity contribution in [1.82, 2.24) is 0 Å². The van der Waals surface area contributed by atoms with Gasteiger partial charge in [0, 0.05) is 11.6 Å². The van der Waals surface area contributed by atoms with Crippen LogP contribution in [-0.2, 0) is 6.42 Å². The first-order valence-corrected chi connectivity index (χ1v) is 6.74. The molecule has 102 valence electrons. The van der Waals surface area contributed by atoms with Gasteiger partial charge in [-0.2, -0.15) is 0 Å². The van der Waals surface area contributed by atoms with E-state index < -0.39 is 0 Å². The summed E-state index contributed by atoms with van der Waals surface area (Å²) in [5, 5.41) is 0. The van der Waals surface area contributed by atoms with Crippen LogP contribution < -0.4 is 9.47 Å². The molecular weight excluding hydrogens is 248 g/mol. The second kappa shape index (κ2) is 5.04. The molecule has 0 fully saturated rings. The van der Waals surface area contributed by atoms with E-state index >= 15 is 0 Å². The van der Waals surface area contributed by atoms with E-state index in [9.17, 15) is 0 Å². The fourth-order valence-electron chi connectivity index (χ4n) is 2.81. The van der Waals surface area contributed by atoms with Crippen LogP contribution in [0.2, 0.25) is 0 Å². The van der Waals surface area contributed by atoms with Gasteiger partial charge >= 0.3 is 0 Å². The smallest absolute Gasteiger partial charge is 0.130 e.